The van der Waals surface area contributed by atoms with Gasteiger partial charge in [0.1, 0.15) is 0 Å². The minimum atomic E-state index is -1.63. The molecule has 3 rings (SSSR count). The molecule has 0 saturated heterocycles. The Morgan fingerprint density at radius 2 is 1.29 bits per heavy atom. The molecule has 0 aliphatic carbocycles. The molecule has 5 heteroatoms. The van der Waals surface area contributed by atoms with Crippen molar-refractivity contribution >= 4 is 12.7 Å². The molecule has 0 saturated carbocycles. The van der Waals surface area contributed by atoms with Crippen LogP contribution in [0.25, 0.3) is 22.6 Å². The van der Waals surface area contributed by atoms with Crippen molar-refractivity contribution in [2.75, 3.05) is 0 Å². The molecular weight excluding hydrogens is 263 g/mol. The molecule has 0 aliphatic rings. The first-order valence-electron chi connectivity index (χ1n) is 6.60. The summed E-state index contributed by atoms with van der Waals surface area (Å²) in [5.41, 5.74) is 2.58. The van der Waals surface area contributed by atoms with Crippen molar-refractivity contribution in [1.82, 2.24) is 9.97 Å². The molecular formula is C16H13BN2O2. The smallest absolute Gasteiger partial charge is 0.422 e. The Morgan fingerprint density at radius 3 is 1.86 bits per heavy atom. The Bertz CT molecular complexity index is 676. The third-order valence-corrected chi connectivity index (χ3v) is 3.11. The fraction of sp³-hybridized carbons (Fsp3) is 0. The second kappa shape index (κ2) is 5.87. The molecule has 0 radical (unpaired) electrons. The van der Waals surface area contributed by atoms with E-state index in [1.54, 1.807) is 6.07 Å². The maximum absolute atomic E-state index is 9.43. The quantitative estimate of drug-likeness (QED) is 0.711. The second-order valence-corrected chi connectivity index (χ2v) is 4.61. The third kappa shape index (κ3) is 2.99. The molecule has 102 valence electrons. The van der Waals surface area contributed by atoms with Crippen LogP contribution in [0.4, 0.5) is 0 Å². The van der Waals surface area contributed by atoms with E-state index >= 15 is 0 Å². The molecule has 0 bridgehead atoms. The molecule has 0 atom stereocenters. The highest BCUT2D eigenvalue weighted by Crippen LogP contribution is 2.19. The Labute approximate surface area is 122 Å². The zero-order chi connectivity index (χ0) is 14.7. The van der Waals surface area contributed by atoms with Crippen LogP contribution < -0.4 is 5.59 Å². The summed E-state index contributed by atoms with van der Waals surface area (Å²) in [5.74, 6) is 0.472. The lowest BCUT2D eigenvalue weighted by Crippen LogP contribution is -2.33. The molecule has 0 amide bonds. The molecule has 3 aromatic rings. The molecule has 1 heterocycles. The predicted octanol–water partition coefficient (Wildman–Crippen LogP) is 1.49. The predicted molar refractivity (Wildman–Crippen MR) is 82.7 cm³/mol. The van der Waals surface area contributed by atoms with Crippen LogP contribution in [0, 0.1) is 0 Å². The number of nitrogens with zero attached hydrogens (tertiary/aromatic N) is 2. The van der Waals surface area contributed by atoms with Crippen molar-refractivity contribution in [3.63, 3.8) is 0 Å². The van der Waals surface area contributed by atoms with Crippen LogP contribution in [0.5, 0.6) is 0 Å². The van der Waals surface area contributed by atoms with Gasteiger partial charge < -0.3 is 10.0 Å². The SMILES string of the molecule is OB(O)c1cc(-c2ccccc2)nc(-c2ccccc2)n1. The van der Waals surface area contributed by atoms with E-state index in [2.05, 4.69) is 9.97 Å². The van der Waals surface area contributed by atoms with Crippen LogP contribution in [0.2, 0.25) is 0 Å². The Hall–Kier alpha value is -2.50. The third-order valence-electron chi connectivity index (χ3n) is 3.11. The van der Waals surface area contributed by atoms with Crippen LogP contribution in [-0.2, 0) is 0 Å². The van der Waals surface area contributed by atoms with Crippen molar-refractivity contribution < 1.29 is 10.0 Å². The van der Waals surface area contributed by atoms with Gasteiger partial charge in [0.05, 0.1) is 11.3 Å². The summed E-state index contributed by atoms with van der Waals surface area (Å²) >= 11 is 0. The van der Waals surface area contributed by atoms with E-state index in [4.69, 9.17) is 0 Å². The van der Waals surface area contributed by atoms with Crippen molar-refractivity contribution in [3.8, 4) is 22.6 Å². The first kappa shape index (κ1) is 13.5. The zero-order valence-corrected chi connectivity index (χ0v) is 11.2. The van der Waals surface area contributed by atoms with Gasteiger partial charge in [-0.3, -0.25) is 0 Å². The van der Waals surface area contributed by atoms with Crippen LogP contribution >= 0.6 is 0 Å². The van der Waals surface area contributed by atoms with E-state index in [-0.39, 0.29) is 5.59 Å². The Kier molecular flexibility index (Phi) is 3.77. The van der Waals surface area contributed by atoms with Gasteiger partial charge in [-0.05, 0) is 6.07 Å². The molecule has 2 N–H and O–H groups in total. The highest BCUT2D eigenvalue weighted by atomic mass is 16.4. The van der Waals surface area contributed by atoms with Gasteiger partial charge in [0, 0.05) is 11.1 Å². The van der Waals surface area contributed by atoms with Gasteiger partial charge in [0.25, 0.3) is 0 Å². The lowest BCUT2D eigenvalue weighted by atomic mass is 9.85. The zero-order valence-electron chi connectivity index (χ0n) is 11.2. The van der Waals surface area contributed by atoms with E-state index in [0.717, 1.165) is 11.1 Å². The first-order chi connectivity index (χ1) is 10.2. The summed E-state index contributed by atoms with van der Waals surface area (Å²) in [5, 5.41) is 18.9. The van der Waals surface area contributed by atoms with Crippen LogP contribution in [0.3, 0.4) is 0 Å². The summed E-state index contributed by atoms with van der Waals surface area (Å²) < 4.78 is 0. The van der Waals surface area contributed by atoms with Crippen molar-refractivity contribution in [2.45, 2.75) is 0 Å². The van der Waals surface area contributed by atoms with Gasteiger partial charge in [0.15, 0.2) is 5.82 Å². The molecule has 4 nitrogen and oxygen atoms in total. The van der Waals surface area contributed by atoms with Gasteiger partial charge in [0.2, 0.25) is 0 Å². The average molecular weight is 276 g/mol. The summed E-state index contributed by atoms with van der Waals surface area (Å²) in [6.45, 7) is 0. The fourth-order valence-corrected chi connectivity index (χ4v) is 2.07. The van der Waals surface area contributed by atoms with E-state index in [0.29, 0.717) is 11.5 Å². The molecule has 2 aromatic carbocycles. The lowest BCUT2D eigenvalue weighted by Gasteiger charge is -2.08. The number of hydrogen-bond donors (Lipinski definition) is 2. The number of benzene rings is 2. The first-order valence-corrected chi connectivity index (χ1v) is 6.60. The maximum atomic E-state index is 9.43. The summed E-state index contributed by atoms with van der Waals surface area (Å²) in [6.07, 6.45) is 0. The van der Waals surface area contributed by atoms with Gasteiger partial charge in [-0.1, -0.05) is 60.7 Å². The topological polar surface area (TPSA) is 66.2 Å². The fourth-order valence-electron chi connectivity index (χ4n) is 2.07. The van der Waals surface area contributed by atoms with Gasteiger partial charge in [-0.25, -0.2) is 9.97 Å². The van der Waals surface area contributed by atoms with Gasteiger partial charge in [-0.2, -0.15) is 0 Å². The highest BCUT2D eigenvalue weighted by molar-refractivity contribution is 6.57. The molecule has 0 fully saturated rings. The number of rotatable bonds is 3. The molecule has 1 aromatic heterocycles. The van der Waals surface area contributed by atoms with E-state index in [9.17, 15) is 10.0 Å². The summed E-state index contributed by atoms with van der Waals surface area (Å²) in [4.78, 5) is 8.74. The minimum absolute atomic E-state index is 0.183. The standard InChI is InChI=1S/C16H13BN2O2/c20-17(21)15-11-14(12-7-3-1-4-8-12)18-16(19-15)13-9-5-2-6-10-13/h1-11,20-21H. The summed E-state index contributed by atoms with van der Waals surface area (Å²) in [7, 11) is -1.63. The van der Waals surface area contributed by atoms with Gasteiger partial charge >= 0.3 is 7.12 Å². The second-order valence-electron chi connectivity index (χ2n) is 4.61. The number of aromatic nitrogens is 2. The molecule has 0 spiro atoms. The van der Waals surface area contributed by atoms with E-state index in [1.165, 1.54) is 0 Å². The summed E-state index contributed by atoms with van der Waals surface area (Å²) in [6, 6.07) is 20.6. The van der Waals surface area contributed by atoms with E-state index in [1.807, 2.05) is 60.7 Å². The van der Waals surface area contributed by atoms with Crippen LogP contribution in [0.1, 0.15) is 0 Å². The van der Waals surface area contributed by atoms with Crippen LogP contribution in [0.15, 0.2) is 66.7 Å². The largest absolute Gasteiger partial charge is 0.508 e. The van der Waals surface area contributed by atoms with E-state index < -0.39 is 7.12 Å². The molecule has 0 aliphatic heterocycles. The van der Waals surface area contributed by atoms with Crippen molar-refractivity contribution in [1.29, 1.82) is 0 Å². The lowest BCUT2D eigenvalue weighted by molar-refractivity contribution is 0.424. The van der Waals surface area contributed by atoms with Crippen molar-refractivity contribution in [2.24, 2.45) is 0 Å². The van der Waals surface area contributed by atoms with Gasteiger partial charge in [-0.15, -0.1) is 0 Å². The Balaban J connectivity index is 2.16. The highest BCUT2D eigenvalue weighted by Gasteiger charge is 2.17. The maximum Gasteiger partial charge on any atom is 0.508 e. The Morgan fingerprint density at radius 1 is 0.714 bits per heavy atom. The molecule has 21 heavy (non-hydrogen) atoms. The molecule has 0 unspecified atom stereocenters. The van der Waals surface area contributed by atoms with Crippen LogP contribution in [-0.4, -0.2) is 27.1 Å². The monoisotopic (exact) mass is 276 g/mol. The minimum Gasteiger partial charge on any atom is -0.422 e. The number of hydrogen-bond acceptors (Lipinski definition) is 4. The average Bonchev–Trinajstić information content (AvgIpc) is 2.56. The van der Waals surface area contributed by atoms with Crippen molar-refractivity contribution in [3.05, 3.63) is 66.7 Å². The normalized spacial score (nSPS) is 10.4.